The maximum Gasteiger partial charge on any atom is 0.252 e. The Morgan fingerprint density at radius 1 is 1.07 bits per heavy atom. The molecule has 1 aliphatic heterocycles. The van der Waals surface area contributed by atoms with Gasteiger partial charge in [0, 0.05) is 23.5 Å². The highest BCUT2D eigenvalue weighted by Gasteiger charge is 2.41. The first-order valence-corrected chi connectivity index (χ1v) is 9.70. The first kappa shape index (κ1) is 17.7. The van der Waals surface area contributed by atoms with E-state index in [4.69, 9.17) is 14.0 Å². The van der Waals surface area contributed by atoms with E-state index in [9.17, 15) is 4.79 Å². The summed E-state index contributed by atoms with van der Waals surface area (Å²) in [6.07, 6.45) is 7.95. The molecule has 1 saturated carbocycles. The summed E-state index contributed by atoms with van der Waals surface area (Å²) in [5, 5.41) is 7.29. The van der Waals surface area contributed by atoms with Crippen LogP contribution >= 0.6 is 0 Å². The summed E-state index contributed by atoms with van der Waals surface area (Å²) in [7, 11) is 0. The smallest absolute Gasteiger partial charge is 0.252 e. The van der Waals surface area contributed by atoms with Crippen molar-refractivity contribution < 1.29 is 18.8 Å². The van der Waals surface area contributed by atoms with Gasteiger partial charge in [0.1, 0.15) is 5.54 Å². The van der Waals surface area contributed by atoms with E-state index in [-0.39, 0.29) is 12.7 Å². The molecule has 5 rings (SSSR count). The number of amides is 1. The normalized spacial score (nSPS) is 17.1. The Labute approximate surface area is 167 Å². The van der Waals surface area contributed by atoms with Crippen LogP contribution in [0.5, 0.6) is 11.5 Å². The van der Waals surface area contributed by atoms with E-state index in [1.54, 1.807) is 30.6 Å². The van der Waals surface area contributed by atoms with Crippen LogP contribution in [0.25, 0.3) is 11.4 Å². The van der Waals surface area contributed by atoms with Crippen molar-refractivity contribution >= 4 is 5.91 Å². The number of nitrogens with zero attached hydrogens (tertiary/aromatic N) is 3. The van der Waals surface area contributed by atoms with Gasteiger partial charge < -0.3 is 19.3 Å². The van der Waals surface area contributed by atoms with Gasteiger partial charge in [-0.1, -0.05) is 24.4 Å². The predicted octanol–water partition coefficient (Wildman–Crippen LogP) is 3.45. The zero-order valence-electron chi connectivity index (χ0n) is 15.8. The van der Waals surface area contributed by atoms with Crippen molar-refractivity contribution in [2.45, 2.75) is 37.6 Å². The number of aromatic nitrogens is 3. The molecule has 0 spiro atoms. The van der Waals surface area contributed by atoms with Crippen molar-refractivity contribution in [1.82, 2.24) is 20.4 Å². The number of nitrogens with one attached hydrogen (secondary N) is 1. The Morgan fingerprint density at radius 3 is 2.76 bits per heavy atom. The third-order valence-electron chi connectivity index (χ3n) is 5.45. The highest BCUT2D eigenvalue weighted by molar-refractivity contribution is 5.95. The van der Waals surface area contributed by atoms with E-state index < -0.39 is 5.54 Å². The number of benzene rings is 1. The first-order chi connectivity index (χ1) is 14.2. The highest BCUT2D eigenvalue weighted by atomic mass is 16.7. The lowest BCUT2D eigenvalue weighted by Gasteiger charge is -2.34. The van der Waals surface area contributed by atoms with Gasteiger partial charge in [0.2, 0.25) is 12.6 Å². The molecule has 8 nitrogen and oxygen atoms in total. The molecule has 8 heteroatoms. The molecular formula is C21H20N4O4. The highest BCUT2D eigenvalue weighted by Crippen LogP contribution is 2.38. The molecule has 0 saturated heterocycles. The molecule has 1 aromatic carbocycles. The molecule has 29 heavy (non-hydrogen) atoms. The summed E-state index contributed by atoms with van der Waals surface area (Å²) in [6.45, 7) is 0.170. The molecular weight excluding hydrogens is 372 g/mol. The molecule has 0 radical (unpaired) electrons. The fourth-order valence-electron chi connectivity index (χ4n) is 3.91. The molecule has 148 valence electrons. The number of ether oxygens (including phenoxy) is 2. The van der Waals surface area contributed by atoms with Crippen molar-refractivity contribution in [1.29, 1.82) is 0 Å². The summed E-state index contributed by atoms with van der Waals surface area (Å²) >= 11 is 0. The van der Waals surface area contributed by atoms with Gasteiger partial charge in [-0.15, -0.1) is 0 Å². The Hall–Kier alpha value is -3.42. The Kier molecular flexibility index (Phi) is 4.38. The van der Waals surface area contributed by atoms with Gasteiger partial charge in [-0.3, -0.25) is 9.78 Å². The monoisotopic (exact) mass is 392 g/mol. The number of carbonyl (C=O) groups is 1. The average Bonchev–Trinajstić information content (AvgIpc) is 3.44. The summed E-state index contributed by atoms with van der Waals surface area (Å²) < 4.78 is 16.3. The summed E-state index contributed by atoms with van der Waals surface area (Å²) in [5.41, 5.74) is 0.598. The molecule has 3 aromatic rings. The van der Waals surface area contributed by atoms with E-state index in [0.717, 1.165) is 37.7 Å². The van der Waals surface area contributed by atoms with Gasteiger partial charge in [-0.05, 0) is 43.2 Å². The number of hydrogen-bond acceptors (Lipinski definition) is 7. The quantitative estimate of drug-likeness (QED) is 0.726. The van der Waals surface area contributed by atoms with Crippen LogP contribution < -0.4 is 14.8 Å². The van der Waals surface area contributed by atoms with E-state index in [1.165, 1.54) is 0 Å². The van der Waals surface area contributed by atoms with Crippen LogP contribution in [0, 0.1) is 0 Å². The maximum atomic E-state index is 13.1. The van der Waals surface area contributed by atoms with Crippen molar-refractivity contribution in [3.05, 3.63) is 54.2 Å². The Morgan fingerprint density at radius 2 is 1.93 bits per heavy atom. The van der Waals surface area contributed by atoms with Gasteiger partial charge in [0.15, 0.2) is 11.5 Å². The van der Waals surface area contributed by atoms with Crippen LogP contribution in [0.4, 0.5) is 0 Å². The molecule has 1 amide bonds. The Bertz CT molecular complexity index is 1030. The second kappa shape index (κ2) is 7.20. The van der Waals surface area contributed by atoms with Crippen LogP contribution in [0.3, 0.4) is 0 Å². The lowest BCUT2D eigenvalue weighted by atomic mass is 9.81. The largest absolute Gasteiger partial charge is 0.454 e. The fraction of sp³-hybridized carbons (Fsp3) is 0.333. The average molecular weight is 392 g/mol. The molecule has 2 aliphatic rings. The van der Waals surface area contributed by atoms with Crippen molar-refractivity contribution in [2.75, 3.05) is 6.79 Å². The standard InChI is InChI=1S/C21H20N4O4/c26-19(14-6-7-16-17(11-14)28-13-27-16)24-21(8-2-1-3-9-21)20-23-18(25-29-20)15-5-4-10-22-12-15/h4-7,10-12H,1-3,8-9,13H2,(H,24,26). The summed E-state index contributed by atoms with van der Waals surface area (Å²) in [4.78, 5) is 21.8. The van der Waals surface area contributed by atoms with Crippen LogP contribution in [-0.2, 0) is 5.54 Å². The minimum atomic E-state index is -0.681. The summed E-state index contributed by atoms with van der Waals surface area (Å²) in [5.74, 6) is 1.92. The number of pyridine rings is 1. The molecule has 0 atom stereocenters. The topological polar surface area (TPSA) is 99.4 Å². The second-order valence-electron chi connectivity index (χ2n) is 7.33. The number of fused-ring (bicyclic) bond motifs is 1. The van der Waals surface area contributed by atoms with Gasteiger partial charge in [-0.25, -0.2) is 0 Å². The minimum absolute atomic E-state index is 0.170. The lowest BCUT2D eigenvalue weighted by Crippen LogP contribution is -2.47. The van der Waals surface area contributed by atoms with Crippen LogP contribution in [0.1, 0.15) is 48.4 Å². The van der Waals surface area contributed by atoms with Crippen LogP contribution in [0.2, 0.25) is 0 Å². The number of rotatable bonds is 4. The van der Waals surface area contributed by atoms with Crippen molar-refractivity contribution in [3.8, 4) is 22.9 Å². The van der Waals surface area contributed by atoms with E-state index in [2.05, 4.69) is 20.4 Å². The fourth-order valence-corrected chi connectivity index (χ4v) is 3.91. The minimum Gasteiger partial charge on any atom is -0.454 e. The lowest BCUT2D eigenvalue weighted by molar-refractivity contribution is 0.0824. The molecule has 0 bridgehead atoms. The Balaban J connectivity index is 1.44. The van der Waals surface area contributed by atoms with Gasteiger partial charge >= 0.3 is 0 Å². The second-order valence-corrected chi connectivity index (χ2v) is 7.33. The van der Waals surface area contributed by atoms with Crippen LogP contribution in [0.15, 0.2) is 47.2 Å². The molecule has 1 fully saturated rings. The zero-order valence-corrected chi connectivity index (χ0v) is 15.8. The van der Waals surface area contributed by atoms with Gasteiger partial charge in [0.05, 0.1) is 0 Å². The van der Waals surface area contributed by atoms with E-state index in [0.29, 0.717) is 28.8 Å². The molecule has 0 unspecified atom stereocenters. The van der Waals surface area contributed by atoms with Crippen LogP contribution in [-0.4, -0.2) is 27.8 Å². The van der Waals surface area contributed by atoms with Gasteiger partial charge in [0.25, 0.3) is 11.8 Å². The maximum absolute atomic E-state index is 13.1. The molecule has 3 heterocycles. The molecule has 1 aliphatic carbocycles. The zero-order chi connectivity index (χ0) is 19.7. The number of hydrogen-bond donors (Lipinski definition) is 1. The van der Waals surface area contributed by atoms with Gasteiger partial charge in [-0.2, -0.15) is 4.98 Å². The predicted molar refractivity (Wildman–Crippen MR) is 102 cm³/mol. The van der Waals surface area contributed by atoms with E-state index in [1.807, 2.05) is 12.1 Å². The molecule has 1 N–H and O–H groups in total. The summed E-state index contributed by atoms with van der Waals surface area (Å²) in [6, 6.07) is 8.87. The van der Waals surface area contributed by atoms with Crippen molar-refractivity contribution in [3.63, 3.8) is 0 Å². The molecule has 2 aromatic heterocycles. The first-order valence-electron chi connectivity index (χ1n) is 9.70. The third-order valence-corrected chi connectivity index (χ3v) is 5.45. The van der Waals surface area contributed by atoms with Crippen molar-refractivity contribution in [2.24, 2.45) is 0 Å². The number of carbonyl (C=O) groups excluding carboxylic acids is 1. The third kappa shape index (κ3) is 3.30. The van der Waals surface area contributed by atoms with E-state index >= 15 is 0 Å². The SMILES string of the molecule is O=C(NC1(c2nc(-c3cccnc3)no2)CCCCC1)c1ccc2c(c1)OCO2.